The zero-order valence-corrected chi connectivity index (χ0v) is 18.1. The van der Waals surface area contributed by atoms with E-state index in [0.29, 0.717) is 24.0 Å². The molecule has 1 fully saturated rings. The summed E-state index contributed by atoms with van der Waals surface area (Å²) in [6, 6.07) is 10.5. The van der Waals surface area contributed by atoms with Gasteiger partial charge in [0.25, 0.3) is 5.19 Å². The first-order chi connectivity index (χ1) is 14.0. The van der Waals surface area contributed by atoms with Crippen molar-refractivity contribution in [2.45, 2.75) is 37.7 Å². The van der Waals surface area contributed by atoms with Crippen molar-refractivity contribution in [3.63, 3.8) is 0 Å². The molecule has 7 heteroatoms. The molecule has 152 valence electrons. The number of hydrogen-bond donors (Lipinski definition) is 0. The number of aryl methyl sites for hydroxylation is 2. The van der Waals surface area contributed by atoms with Crippen LogP contribution in [0.4, 0.5) is 4.39 Å². The van der Waals surface area contributed by atoms with Gasteiger partial charge >= 0.3 is 0 Å². The third-order valence-corrected chi connectivity index (χ3v) is 7.24. The van der Waals surface area contributed by atoms with E-state index in [1.165, 1.54) is 34.2 Å². The largest absolute Gasteiger partial charge is 0.467 e. The van der Waals surface area contributed by atoms with Crippen molar-refractivity contribution in [3.05, 3.63) is 53.3 Å². The first-order valence-electron chi connectivity index (χ1n) is 9.69. The Bertz CT molecular complexity index is 973. The van der Waals surface area contributed by atoms with E-state index >= 15 is 0 Å². The number of benzene rings is 2. The Hall–Kier alpha value is -2.12. The molecule has 2 aromatic carbocycles. The highest BCUT2D eigenvalue weighted by molar-refractivity contribution is 8.00. The number of aromatic nitrogens is 1. The summed E-state index contributed by atoms with van der Waals surface area (Å²) >= 11 is 3.04. The molecule has 0 atom stereocenters. The molecular formula is C22H23FN2O2S2. The minimum absolute atomic E-state index is 0.0879. The first kappa shape index (κ1) is 20.2. The number of amides is 1. The van der Waals surface area contributed by atoms with E-state index in [2.05, 4.69) is 31.0 Å². The van der Waals surface area contributed by atoms with Crippen LogP contribution in [0.1, 0.15) is 24.0 Å². The van der Waals surface area contributed by atoms with Gasteiger partial charge in [-0.3, -0.25) is 4.79 Å². The quantitative estimate of drug-likeness (QED) is 0.521. The van der Waals surface area contributed by atoms with Crippen molar-refractivity contribution >= 4 is 39.2 Å². The number of carbonyl (C=O) groups excluding carboxylic acids is 1. The Morgan fingerprint density at radius 3 is 2.55 bits per heavy atom. The second kappa shape index (κ2) is 8.71. The molecule has 0 N–H and O–H groups in total. The van der Waals surface area contributed by atoms with Gasteiger partial charge in [-0.1, -0.05) is 23.5 Å². The molecular weight excluding hydrogens is 407 g/mol. The van der Waals surface area contributed by atoms with Crippen molar-refractivity contribution < 1.29 is 13.9 Å². The van der Waals surface area contributed by atoms with Gasteiger partial charge in [0.2, 0.25) is 5.91 Å². The second-order valence-electron chi connectivity index (χ2n) is 7.30. The Morgan fingerprint density at radius 1 is 1.17 bits per heavy atom. The van der Waals surface area contributed by atoms with Crippen LogP contribution in [0.25, 0.3) is 10.2 Å². The summed E-state index contributed by atoms with van der Waals surface area (Å²) in [4.78, 5) is 19.9. The van der Waals surface area contributed by atoms with Crippen molar-refractivity contribution in [2.24, 2.45) is 0 Å². The van der Waals surface area contributed by atoms with Gasteiger partial charge in [0.1, 0.15) is 11.9 Å². The number of thiazole rings is 1. The molecule has 1 aliphatic heterocycles. The lowest BCUT2D eigenvalue weighted by Gasteiger charge is -2.31. The number of rotatable bonds is 5. The van der Waals surface area contributed by atoms with E-state index in [9.17, 15) is 9.18 Å². The Labute approximate surface area is 178 Å². The number of halogens is 1. The maximum absolute atomic E-state index is 13.0. The molecule has 4 rings (SSSR count). The summed E-state index contributed by atoms with van der Waals surface area (Å²) < 4.78 is 20.3. The lowest BCUT2D eigenvalue weighted by Crippen LogP contribution is -2.42. The van der Waals surface area contributed by atoms with Gasteiger partial charge in [0.15, 0.2) is 0 Å². The van der Waals surface area contributed by atoms with Gasteiger partial charge in [0, 0.05) is 30.8 Å². The van der Waals surface area contributed by atoms with E-state index in [1.807, 2.05) is 4.90 Å². The monoisotopic (exact) mass is 430 g/mol. The zero-order valence-electron chi connectivity index (χ0n) is 16.5. The molecule has 29 heavy (non-hydrogen) atoms. The molecule has 0 saturated carbocycles. The number of nitrogens with zero attached hydrogens (tertiary/aromatic N) is 2. The van der Waals surface area contributed by atoms with E-state index in [-0.39, 0.29) is 17.8 Å². The third-order valence-electron chi connectivity index (χ3n) is 5.16. The summed E-state index contributed by atoms with van der Waals surface area (Å²) in [5.41, 5.74) is 3.41. The molecule has 0 unspecified atom stereocenters. The van der Waals surface area contributed by atoms with Gasteiger partial charge in [-0.25, -0.2) is 9.37 Å². The molecule has 3 aromatic rings. The maximum atomic E-state index is 13.0. The van der Waals surface area contributed by atoms with Crippen LogP contribution in [0, 0.1) is 19.7 Å². The van der Waals surface area contributed by atoms with Crippen LogP contribution in [-0.2, 0) is 4.79 Å². The maximum Gasteiger partial charge on any atom is 0.274 e. The predicted molar refractivity (Wildman–Crippen MR) is 116 cm³/mol. The van der Waals surface area contributed by atoms with E-state index < -0.39 is 0 Å². The zero-order chi connectivity index (χ0) is 20.4. The highest BCUT2D eigenvalue weighted by Gasteiger charge is 2.25. The predicted octanol–water partition coefficient (Wildman–Crippen LogP) is 5.21. The molecule has 0 radical (unpaired) electrons. The average Bonchev–Trinajstić information content (AvgIpc) is 3.16. The highest BCUT2D eigenvalue weighted by Crippen LogP contribution is 2.33. The van der Waals surface area contributed by atoms with Crippen LogP contribution in [0.2, 0.25) is 0 Å². The van der Waals surface area contributed by atoms with Crippen LogP contribution >= 0.6 is 23.1 Å². The van der Waals surface area contributed by atoms with Crippen molar-refractivity contribution in [3.8, 4) is 5.19 Å². The Kier molecular flexibility index (Phi) is 6.06. The Balaban J connectivity index is 1.29. The minimum Gasteiger partial charge on any atom is -0.467 e. The van der Waals surface area contributed by atoms with E-state index in [0.717, 1.165) is 28.8 Å². The minimum atomic E-state index is -0.263. The SMILES string of the molecule is Cc1ccc(C)c2sc(OC3CCN(C(=O)CSc4ccc(F)cc4)CC3)nc12. The normalized spacial score (nSPS) is 15.1. The summed E-state index contributed by atoms with van der Waals surface area (Å²) in [7, 11) is 0. The van der Waals surface area contributed by atoms with E-state index in [4.69, 9.17) is 4.74 Å². The molecule has 2 heterocycles. The van der Waals surface area contributed by atoms with Gasteiger partial charge in [-0.15, -0.1) is 11.8 Å². The average molecular weight is 431 g/mol. The number of carbonyl (C=O) groups is 1. The van der Waals surface area contributed by atoms with Crippen LogP contribution in [-0.4, -0.2) is 40.7 Å². The Morgan fingerprint density at radius 2 is 1.86 bits per heavy atom. The van der Waals surface area contributed by atoms with Gasteiger partial charge < -0.3 is 9.64 Å². The topological polar surface area (TPSA) is 42.4 Å². The number of thioether (sulfide) groups is 1. The summed E-state index contributed by atoms with van der Waals surface area (Å²) in [6.45, 7) is 5.55. The van der Waals surface area contributed by atoms with Crippen molar-refractivity contribution in [1.29, 1.82) is 0 Å². The summed E-state index contributed by atoms with van der Waals surface area (Å²) in [5.74, 6) is 0.221. The lowest BCUT2D eigenvalue weighted by molar-refractivity contribution is -0.130. The number of piperidine rings is 1. The van der Waals surface area contributed by atoms with E-state index in [1.54, 1.807) is 23.5 Å². The molecule has 4 nitrogen and oxygen atoms in total. The number of hydrogen-bond acceptors (Lipinski definition) is 5. The standard InChI is InChI=1S/C22H23FN2O2S2/c1-14-3-4-15(2)21-20(14)24-22(29-21)27-17-9-11-25(12-10-17)19(26)13-28-18-7-5-16(23)6-8-18/h3-8,17H,9-13H2,1-2H3. The highest BCUT2D eigenvalue weighted by atomic mass is 32.2. The van der Waals surface area contributed by atoms with Gasteiger partial charge in [-0.05, 0) is 49.2 Å². The molecule has 0 spiro atoms. The van der Waals surface area contributed by atoms with Gasteiger partial charge in [0.05, 0.1) is 16.0 Å². The number of likely N-dealkylation sites (tertiary alicyclic amines) is 1. The summed E-state index contributed by atoms with van der Waals surface area (Å²) in [6.07, 6.45) is 1.70. The molecule has 1 aliphatic rings. The van der Waals surface area contributed by atoms with Crippen LogP contribution in [0.5, 0.6) is 5.19 Å². The number of fused-ring (bicyclic) bond motifs is 1. The fraction of sp³-hybridized carbons (Fsp3) is 0.364. The van der Waals surface area contributed by atoms with Crippen LogP contribution < -0.4 is 4.74 Å². The second-order valence-corrected chi connectivity index (χ2v) is 9.31. The van der Waals surface area contributed by atoms with Crippen molar-refractivity contribution in [2.75, 3.05) is 18.8 Å². The third kappa shape index (κ3) is 4.73. The molecule has 0 aliphatic carbocycles. The lowest BCUT2D eigenvalue weighted by atomic mass is 10.1. The van der Waals surface area contributed by atoms with Crippen molar-refractivity contribution in [1.82, 2.24) is 9.88 Å². The molecule has 1 amide bonds. The van der Waals surface area contributed by atoms with Crippen LogP contribution in [0.3, 0.4) is 0 Å². The number of ether oxygens (including phenoxy) is 1. The van der Waals surface area contributed by atoms with Gasteiger partial charge in [-0.2, -0.15) is 0 Å². The fourth-order valence-corrected chi connectivity index (χ4v) is 5.25. The molecule has 1 aromatic heterocycles. The molecule has 0 bridgehead atoms. The smallest absolute Gasteiger partial charge is 0.274 e. The first-order valence-corrected chi connectivity index (χ1v) is 11.5. The van der Waals surface area contributed by atoms with Crippen LogP contribution in [0.15, 0.2) is 41.3 Å². The summed E-state index contributed by atoms with van der Waals surface area (Å²) in [5, 5.41) is 0.717. The molecule has 1 saturated heterocycles. The fourth-order valence-electron chi connectivity index (χ4n) is 3.42.